The molecule has 3 heterocycles. The van der Waals surface area contributed by atoms with E-state index in [0.717, 1.165) is 30.1 Å². The molecule has 35 heavy (non-hydrogen) atoms. The van der Waals surface area contributed by atoms with Crippen LogP contribution in [-0.4, -0.2) is 45.3 Å². The molecule has 0 bridgehead atoms. The molecule has 10 heteroatoms. The summed E-state index contributed by atoms with van der Waals surface area (Å²) in [6, 6.07) is 9.61. The quantitative estimate of drug-likeness (QED) is 0.477. The van der Waals surface area contributed by atoms with Gasteiger partial charge in [0.1, 0.15) is 10.8 Å². The van der Waals surface area contributed by atoms with Gasteiger partial charge in [-0.25, -0.2) is 9.97 Å². The first-order chi connectivity index (χ1) is 16.6. The van der Waals surface area contributed by atoms with Gasteiger partial charge in [0, 0.05) is 24.7 Å². The number of anilines is 3. The minimum absolute atomic E-state index is 0.0308. The molecule has 3 aromatic rings. The highest BCUT2D eigenvalue weighted by Gasteiger charge is 2.25. The molecule has 2 aromatic heterocycles. The van der Waals surface area contributed by atoms with Crippen LogP contribution < -0.4 is 21.3 Å². The van der Waals surface area contributed by atoms with E-state index in [-0.39, 0.29) is 23.1 Å². The van der Waals surface area contributed by atoms with Crippen molar-refractivity contribution >= 4 is 40.0 Å². The Morgan fingerprint density at radius 1 is 1.20 bits per heavy atom. The molecule has 4 rings (SSSR count). The predicted molar refractivity (Wildman–Crippen MR) is 139 cm³/mol. The summed E-state index contributed by atoms with van der Waals surface area (Å²) in [5.41, 5.74) is 8.32. The highest BCUT2D eigenvalue weighted by atomic mass is 32.1. The van der Waals surface area contributed by atoms with Gasteiger partial charge in [-0.2, -0.15) is 4.37 Å². The largest absolute Gasteiger partial charge is 0.364 e. The molecule has 1 fully saturated rings. The van der Waals surface area contributed by atoms with Crippen molar-refractivity contribution in [2.45, 2.75) is 52.0 Å². The van der Waals surface area contributed by atoms with E-state index in [1.807, 2.05) is 37.3 Å². The van der Waals surface area contributed by atoms with Crippen LogP contribution in [0, 0.1) is 6.92 Å². The van der Waals surface area contributed by atoms with Crippen LogP contribution in [0.25, 0.3) is 0 Å². The Hall–Kier alpha value is -3.53. The van der Waals surface area contributed by atoms with Crippen molar-refractivity contribution in [1.29, 1.82) is 0 Å². The third-order valence-corrected chi connectivity index (χ3v) is 6.75. The van der Waals surface area contributed by atoms with Crippen molar-refractivity contribution in [3.8, 4) is 0 Å². The molecule has 1 unspecified atom stereocenters. The predicted octanol–water partition coefficient (Wildman–Crippen LogP) is 3.78. The molecule has 0 saturated carbocycles. The molecule has 1 saturated heterocycles. The Kier molecular flexibility index (Phi) is 7.02. The normalized spacial score (nSPS) is 16.1. The Morgan fingerprint density at radius 2 is 1.94 bits per heavy atom. The molecular weight excluding hydrogens is 462 g/mol. The van der Waals surface area contributed by atoms with Crippen LogP contribution in [0.2, 0.25) is 0 Å². The average Bonchev–Trinajstić information content (AvgIpc) is 3.23. The number of benzene rings is 1. The lowest BCUT2D eigenvalue weighted by Gasteiger charge is -2.34. The smallest absolute Gasteiger partial charge is 0.271 e. The lowest BCUT2D eigenvalue weighted by atomic mass is 9.86. The summed E-state index contributed by atoms with van der Waals surface area (Å²) in [7, 11) is 0. The van der Waals surface area contributed by atoms with Crippen LogP contribution in [0.3, 0.4) is 0 Å². The fourth-order valence-corrected chi connectivity index (χ4v) is 4.69. The number of aromatic nitrogens is 3. The molecule has 0 spiro atoms. The van der Waals surface area contributed by atoms with Crippen LogP contribution in [-0.2, 0) is 5.41 Å². The molecule has 1 aliphatic heterocycles. The van der Waals surface area contributed by atoms with Gasteiger partial charge in [-0.15, -0.1) is 0 Å². The van der Waals surface area contributed by atoms with Crippen LogP contribution in [0.1, 0.15) is 65.7 Å². The van der Waals surface area contributed by atoms with Crippen molar-refractivity contribution in [1.82, 2.24) is 19.7 Å². The van der Waals surface area contributed by atoms with Crippen LogP contribution in [0.4, 0.5) is 16.6 Å². The summed E-state index contributed by atoms with van der Waals surface area (Å²) in [5, 5.41) is 7.02. The van der Waals surface area contributed by atoms with Crippen LogP contribution >= 0.6 is 11.5 Å². The fraction of sp³-hybridized carbons (Fsp3) is 0.400. The van der Waals surface area contributed by atoms with Gasteiger partial charge in [-0.1, -0.05) is 32.9 Å². The van der Waals surface area contributed by atoms with Crippen molar-refractivity contribution in [3.63, 3.8) is 0 Å². The van der Waals surface area contributed by atoms with Gasteiger partial charge >= 0.3 is 0 Å². The van der Waals surface area contributed by atoms with E-state index in [4.69, 9.17) is 5.73 Å². The van der Waals surface area contributed by atoms with Gasteiger partial charge in [-0.05, 0) is 60.5 Å². The minimum atomic E-state index is -0.658. The molecule has 184 valence electrons. The molecule has 1 aromatic carbocycles. The molecule has 1 atom stereocenters. The van der Waals surface area contributed by atoms with Gasteiger partial charge in [0.05, 0.1) is 11.9 Å². The number of aryl methyl sites for hydroxylation is 1. The number of amides is 2. The second kappa shape index (κ2) is 9.99. The maximum absolute atomic E-state index is 12.9. The van der Waals surface area contributed by atoms with E-state index >= 15 is 0 Å². The lowest BCUT2D eigenvalue weighted by molar-refractivity contribution is 0.0931. The van der Waals surface area contributed by atoms with E-state index in [1.165, 1.54) is 17.1 Å². The zero-order valence-electron chi connectivity index (χ0n) is 20.5. The maximum Gasteiger partial charge on any atom is 0.271 e. The van der Waals surface area contributed by atoms with E-state index in [0.29, 0.717) is 23.7 Å². The fourth-order valence-electron chi connectivity index (χ4n) is 4.03. The maximum atomic E-state index is 12.9. The van der Waals surface area contributed by atoms with Crippen LogP contribution in [0.15, 0.2) is 36.5 Å². The number of hydrogen-bond donors (Lipinski definition) is 3. The van der Waals surface area contributed by atoms with E-state index in [2.05, 4.69) is 50.6 Å². The molecular formula is C25H31N7O2S. The number of hydrogen-bond acceptors (Lipinski definition) is 8. The monoisotopic (exact) mass is 493 g/mol. The highest BCUT2D eigenvalue weighted by Crippen LogP contribution is 2.26. The van der Waals surface area contributed by atoms with Gasteiger partial charge in [0.25, 0.3) is 11.8 Å². The molecule has 0 aliphatic carbocycles. The summed E-state index contributed by atoms with van der Waals surface area (Å²) in [6.07, 6.45) is 3.32. The Balaban J connectivity index is 1.47. The van der Waals surface area contributed by atoms with Crippen molar-refractivity contribution in [2.24, 2.45) is 5.73 Å². The lowest BCUT2D eigenvalue weighted by Crippen LogP contribution is -2.48. The Bertz CT molecular complexity index is 1220. The Morgan fingerprint density at radius 3 is 2.57 bits per heavy atom. The molecule has 2 amide bonds. The molecule has 1 aliphatic rings. The zero-order chi connectivity index (χ0) is 25.2. The summed E-state index contributed by atoms with van der Waals surface area (Å²) >= 11 is 1.27. The first kappa shape index (κ1) is 24.6. The van der Waals surface area contributed by atoms with Gasteiger partial charge in [0.2, 0.25) is 0 Å². The minimum Gasteiger partial charge on any atom is -0.364 e. The first-order valence-corrected chi connectivity index (χ1v) is 12.4. The van der Waals surface area contributed by atoms with E-state index in [1.54, 1.807) is 6.20 Å². The topological polar surface area (TPSA) is 126 Å². The van der Waals surface area contributed by atoms with E-state index < -0.39 is 5.91 Å². The summed E-state index contributed by atoms with van der Waals surface area (Å²) < 4.78 is 4.24. The molecule has 4 N–H and O–H groups in total. The number of piperidine rings is 1. The summed E-state index contributed by atoms with van der Waals surface area (Å²) in [6.45, 7) is 9.70. The number of rotatable bonds is 6. The number of nitrogens with two attached hydrogens (primary N) is 1. The number of carbonyl (C=O) groups excluding carboxylic acids is 2. The van der Waals surface area contributed by atoms with Crippen molar-refractivity contribution < 1.29 is 9.59 Å². The average molecular weight is 494 g/mol. The Labute approximate surface area is 209 Å². The first-order valence-electron chi connectivity index (χ1n) is 11.6. The highest BCUT2D eigenvalue weighted by molar-refractivity contribution is 7.10. The van der Waals surface area contributed by atoms with Gasteiger partial charge < -0.3 is 21.3 Å². The summed E-state index contributed by atoms with van der Waals surface area (Å²) in [5.74, 6) is 0.167. The van der Waals surface area contributed by atoms with Crippen molar-refractivity contribution in [3.05, 3.63) is 59.0 Å². The number of nitrogens with zero attached hydrogens (tertiary/aromatic N) is 4. The van der Waals surface area contributed by atoms with E-state index in [9.17, 15) is 9.59 Å². The second-order valence-electron chi connectivity index (χ2n) is 9.83. The summed E-state index contributed by atoms with van der Waals surface area (Å²) in [4.78, 5) is 35.8. The van der Waals surface area contributed by atoms with Crippen LogP contribution in [0.5, 0.6) is 0 Å². The standard InChI is InChI=1S/C25H31N7O2S/c1-15-12-20(35-31-15)30-23-21(22(26)33)27-13-19(29-23)32-11-5-6-18(14-32)28-24(34)16-7-9-17(10-8-16)25(2,3)4/h7-10,12-13,18H,5-6,11,14H2,1-4H3,(H2,26,33)(H,28,34)(H,29,30). The number of carbonyl (C=O) groups is 2. The molecule has 9 nitrogen and oxygen atoms in total. The number of primary amides is 1. The number of nitrogens with one attached hydrogen (secondary N) is 2. The SMILES string of the molecule is Cc1cc(Nc2nc(N3CCCC(NC(=O)c4ccc(C(C)(C)C)cc4)C3)cnc2C(N)=O)sn1. The zero-order valence-corrected chi connectivity index (χ0v) is 21.3. The third kappa shape index (κ3) is 5.94. The van der Waals surface area contributed by atoms with Gasteiger partial charge in [-0.3, -0.25) is 9.59 Å². The van der Waals surface area contributed by atoms with Gasteiger partial charge in [0.15, 0.2) is 11.5 Å². The second-order valence-corrected chi connectivity index (χ2v) is 10.6. The van der Waals surface area contributed by atoms with Crippen molar-refractivity contribution in [2.75, 3.05) is 23.3 Å². The third-order valence-electron chi connectivity index (χ3n) is 5.96. The molecule has 0 radical (unpaired) electrons.